The number of amides is 1. The zero-order valence-electron chi connectivity index (χ0n) is 9.90. The van der Waals surface area contributed by atoms with Crippen LogP contribution in [0.25, 0.3) is 0 Å². The maximum atomic E-state index is 13.1. The summed E-state index contributed by atoms with van der Waals surface area (Å²) in [5, 5.41) is 12.5. The number of aliphatic hydroxyl groups is 1. The van der Waals surface area contributed by atoms with Crippen molar-refractivity contribution in [3.8, 4) is 0 Å². The molecule has 4 N–H and O–H groups in total. The quantitative estimate of drug-likeness (QED) is 0.747. The van der Waals surface area contributed by atoms with E-state index >= 15 is 0 Å². The fourth-order valence-corrected chi connectivity index (χ4v) is 1.59. The molecule has 0 heterocycles. The van der Waals surface area contributed by atoms with E-state index in [1.807, 2.05) is 0 Å². The van der Waals surface area contributed by atoms with E-state index in [1.165, 1.54) is 25.1 Å². The molecule has 94 valence electrons. The van der Waals surface area contributed by atoms with Gasteiger partial charge in [0.1, 0.15) is 5.82 Å². The number of hydrogen-bond donors (Lipinski definition) is 3. The first kappa shape index (κ1) is 13.6. The Morgan fingerprint density at radius 1 is 1.59 bits per heavy atom. The van der Waals surface area contributed by atoms with Gasteiger partial charge in [0.05, 0.1) is 6.10 Å². The summed E-state index contributed by atoms with van der Waals surface area (Å²) in [6.07, 6.45) is -0.594. The lowest BCUT2D eigenvalue weighted by Crippen LogP contribution is -2.19. The smallest absolute Gasteiger partial charge is 0.221 e. The Hall–Kier alpha value is -1.46. The molecule has 0 saturated carbocycles. The summed E-state index contributed by atoms with van der Waals surface area (Å²) in [4.78, 5) is 11.0. The third-order valence-electron chi connectivity index (χ3n) is 2.28. The highest BCUT2D eigenvalue weighted by molar-refractivity contribution is 5.89. The van der Waals surface area contributed by atoms with Crippen molar-refractivity contribution in [3.63, 3.8) is 0 Å². The second kappa shape index (κ2) is 5.75. The summed E-state index contributed by atoms with van der Waals surface area (Å²) in [5.41, 5.74) is 6.33. The predicted molar refractivity (Wildman–Crippen MR) is 63.9 cm³/mol. The molecule has 1 rings (SSSR count). The summed E-state index contributed by atoms with van der Waals surface area (Å²) in [6, 6.07) is 3.65. The van der Waals surface area contributed by atoms with E-state index in [4.69, 9.17) is 5.73 Å². The van der Waals surface area contributed by atoms with Gasteiger partial charge in [-0.3, -0.25) is 4.79 Å². The highest BCUT2D eigenvalue weighted by Gasteiger charge is 2.15. The molecule has 0 spiro atoms. The van der Waals surface area contributed by atoms with Gasteiger partial charge in [0.15, 0.2) is 0 Å². The molecule has 2 atom stereocenters. The summed E-state index contributed by atoms with van der Waals surface area (Å²) in [6.45, 7) is 3.10. The van der Waals surface area contributed by atoms with E-state index in [0.717, 1.165) is 0 Å². The van der Waals surface area contributed by atoms with Crippen LogP contribution >= 0.6 is 0 Å². The van der Waals surface area contributed by atoms with Crippen LogP contribution in [-0.4, -0.2) is 17.1 Å². The number of benzene rings is 1. The molecule has 0 radical (unpaired) electrons. The maximum absolute atomic E-state index is 13.1. The zero-order chi connectivity index (χ0) is 13.0. The molecule has 5 heteroatoms. The first-order valence-electron chi connectivity index (χ1n) is 5.41. The van der Waals surface area contributed by atoms with E-state index in [-0.39, 0.29) is 11.9 Å². The molecule has 0 bridgehead atoms. The van der Waals surface area contributed by atoms with Gasteiger partial charge >= 0.3 is 0 Å². The highest BCUT2D eigenvalue weighted by Crippen LogP contribution is 2.26. The SMILES string of the molecule is CC(=O)Nc1ccc(F)cc1C(O)CC(C)N. The number of aliphatic hydroxyl groups excluding tert-OH is 1. The first-order valence-corrected chi connectivity index (χ1v) is 5.41. The summed E-state index contributed by atoms with van der Waals surface area (Å²) >= 11 is 0. The summed E-state index contributed by atoms with van der Waals surface area (Å²) in [5.74, 6) is -0.733. The lowest BCUT2D eigenvalue weighted by Gasteiger charge is -2.17. The lowest BCUT2D eigenvalue weighted by molar-refractivity contribution is -0.114. The van der Waals surface area contributed by atoms with Crippen molar-refractivity contribution in [2.24, 2.45) is 5.73 Å². The maximum Gasteiger partial charge on any atom is 0.221 e. The molecule has 1 aromatic carbocycles. The van der Waals surface area contributed by atoms with Gasteiger partial charge in [-0.05, 0) is 31.5 Å². The molecule has 4 nitrogen and oxygen atoms in total. The number of halogens is 1. The van der Waals surface area contributed by atoms with Crippen LogP contribution in [0.2, 0.25) is 0 Å². The van der Waals surface area contributed by atoms with Crippen molar-refractivity contribution >= 4 is 11.6 Å². The Balaban J connectivity index is 3.01. The van der Waals surface area contributed by atoms with Crippen LogP contribution in [0.15, 0.2) is 18.2 Å². The van der Waals surface area contributed by atoms with E-state index in [9.17, 15) is 14.3 Å². The fraction of sp³-hybridized carbons (Fsp3) is 0.417. The first-order chi connectivity index (χ1) is 7.90. The monoisotopic (exact) mass is 240 g/mol. The van der Waals surface area contributed by atoms with Crippen LogP contribution < -0.4 is 11.1 Å². The standard InChI is InChI=1S/C12H17FN2O2/c1-7(14)5-12(17)10-6-9(13)3-4-11(10)15-8(2)16/h3-4,6-7,12,17H,5,14H2,1-2H3,(H,15,16). The lowest BCUT2D eigenvalue weighted by atomic mass is 10.0. The van der Waals surface area contributed by atoms with Crippen molar-refractivity contribution in [2.45, 2.75) is 32.4 Å². The van der Waals surface area contributed by atoms with Crippen LogP contribution in [0, 0.1) is 5.82 Å². The number of rotatable bonds is 4. The van der Waals surface area contributed by atoms with Crippen LogP contribution in [0.5, 0.6) is 0 Å². The second-order valence-electron chi connectivity index (χ2n) is 4.14. The van der Waals surface area contributed by atoms with Crippen LogP contribution in [-0.2, 0) is 4.79 Å². The molecule has 0 fully saturated rings. The second-order valence-corrected chi connectivity index (χ2v) is 4.14. The molecule has 17 heavy (non-hydrogen) atoms. The Morgan fingerprint density at radius 3 is 2.76 bits per heavy atom. The van der Waals surface area contributed by atoms with Gasteiger partial charge in [-0.1, -0.05) is 0 Å². The van der Waals surface area contributed by atoms with E-state index in [0.29, 0.717) is 17.7 Å². The van der Waals surface area contributed by atoms with Crippen molar-refractivity contribution in [2.75, 3.05) is 5.32 Å². The van der Waals surface area contributed by atoms with Gasteiger partial charge in [0.2, 0.25) is 5.91 Å². The molecular weight excluding hydrogens is 223 g/mol. The molecule has 0 aliphatic heterocycles. The van der Waals surface area contributed by atoms with Crippen LogP contribution in [0.4, 0.5) is 10.1 Å². The normalized spacial score (nSPS) is 14.2. The van der Waals surface area contributed by atoms with Crippen LogP contribution in [0.3, 0.4) is 0 Å². The van der Waals surface area contributed by atoms with Crippen molar-refractivity contribution < 1.29 is 14.3 Å². The van der Waals surface area contributed by atoms with E-state index in [2.05, 4.69) is 5.32 Å². The van der Waals surface area contributed by atoms with Gasteiger partial charge in [-0.2, -0.15) is 0 Å². The van der Waals surface area contributed by atoms with Gasteiger partial charge in [0.25, 0.3) is 0 Å². The third-order valence-corrected chi connectivity index (χ3v) is 2.28. The van der Waals surface area contributed by atoms with Crippen LogP contribution in [0.1, 0.15) is 31.9 Å². The Morgan fingerprint density at radius 2 is 2.24 bits per heavy atom. The number of hydrogen-bond acceptors (Lipinski definition) is 3. The van der Waals surface area contributed by atoms with Gasteiger partial charge in [0, 0.05) is 24.2 Å². The average Bonchev–Trinajstić information content (AvgIpc) is 2.19. The summed E-state index contributed by atoms with van der Waals surface area (Å²) in [7, 11) is 0. The minimum Gasteiger partial charge on any atom is -0.388 e. The summed E-state index contributed by atoms with van der Waals surface area (Å²) < 4.78 is 13.1. The Labute approximate surface area is 99.6 Å². The van der Waals surface area contributed by atoms with Crippen molar-refractivity contribution in [1.29, 1.82) is 0 Å². The van der Waals surface area contributed by atoms with Gasteiger partial charge in [-0.15, -0.1) is 0 Å². The zero-order valence-corrected chi connectivity index (χ0v) is 9.90. The molecule has 0 aromatic heterocycles. The molecule has 2 unspecified atom stereocenters. The Kier molecular flexibility index (Phi) is 4.60. The van der Waals surface area contributed by atoms with Gasteiger partial charge in [-0.25, -0.2) is 4.39 Å². The predicted octanol–water partition coefficient (Wildman–Crippen LogP) is 1.55. The van der Waals surface area contributed by atoms with Crippen molar-refractivity contribution in [1.82, 2.24) is 0 Å². The number of carbonyl (C=O) groups excluding carboxylic acids is 1. The molecular formula is C12H17FN2O2. The number of nitrogens with one attached hydrogen (secondary N) is 1. The van der Waals surface area contributed by atoms with E-state index in [1.54, 1.807) is 6.92 Å². The van der Waals surface area contributed by atoms with Crippen molar-refractivity contribution in [3.05, 3.63) is 29.6 Å². The van der Waals surface area contributed by atoms with Gasteiger partial charge < -0.3 is 16.2 Å². The third kappa shape index (κ3) is 4.13. The number of carbonyl (C=O) groups is 1. The molecule has 1 amide bonds. The minimum absolute atomic E-state index is 0.210. The highest BCUT2D eigenvalue weighted by atomic mass is 19.1. The molecule has 0 aliphatic rings. The average molecular weight is 240 g/mol. The molecule has 0 saturated heterocycles. The Bertz CT molecular complexity index is 407. The largest absolute Gasteiger partial charge is 0.388 e. The fourth-order valence-electron chi connectivity index (χ4n) is 1.59. The number of nitrogens with two attached hydrogens (primary N) is 1. The molecule has 1 aromatic rings. The van der Waals surface area contributed by atoms with E-state index < -0.39 is 11.9 Å². The number of anilines is 1. The molecule has 0 aliphatic carbocycles. The minimum atomic E-state index is -0.896. The topological polar surface area (TPSA) is 75.3 Å².